The van der Waals surface area contributed by atoms with E-state index in [4.69, 9.17) is 4.74 Å². The van der Waals surface area contributed by atoms with Crippen LogP contribution in [-0.2, 0) is 9.53 Å². The number of rotatable bonds is 6. The third-order valence-electron chi connectivity index (χ3n) is 2.20. The molecule has 80 valence electrons. The van der Waals surface area contributed by atoms with Crippen LogP contribution >= 0.6 is 0 Å². The lowest BCUT2D eigenvalue weighted by atomic mass is 9.93. The molecule has 0 saturated heterocycles. The molecular weight excluding hydrogens is 176 g/mol. The Labute approximate surface area is 86.6 Å². The molecule has 0 aliphatic heterocycles. The Morgan fingerprint density at radius 2 is 2.14 bits per heavy atom. The molecule has 0 fully saturated rings. The van der Waals surface area contributed by atoms with Crippen LogP contribution in [0.15, 0.2) is 24.3 Å². The standard InChI is InChI=1S/C12H20O2/c1-5-9-11(10(6-2)7-3)12(13)14-8-4/h5-6,11H,1,7-9H2,2-4H3. The van der Waals surface area contributed by atoms with Crippen molar-refractivity contribution in [1.82, 2.24) is 0 Å². The van der Waals surface area contributed by atoms with Crippen molar-refractivity contribution in [3.05, 3.63) is 24.3 Å². The largest absolute Gasteiger partial charge is 0.466 e. The fourth-order valence-electron chi connectivity index (χ4n) is 1.46. The van der Waals surface area contributed by atoms with Gasteiger partial charge >= 0.3 is 5.97 Å². The Kier molecular flexibility index (Phi) is 6.81. The molecule has 0 aromatic heterocycles. The predicted molar refractivity (Wildman–Crippen MR) is 59.0 cm³/mol. The summed E-state index contributed by atoms with van der Waals surface area (Å²) in [6.07, 6.45) is 5.30. The lowest BCUT2D eigenvalue weighted by molar-refractivity contribution is -0.146. The molecule has 2 heteroatoms. The van der Waals surface area contributed by atoms with Crippen LogP contribution in [0.3, 0.4) is 0 Å². The molecule has 0 heterocycles. The summed E-state index contributed by atoms with van der Waals surface area (Å²) in [4.78, 5) is 11.6. The first-order chi connectivity index (χ1) is 6.71. The van der Waals surface area contributed by atoms with Crippen molar-refractivity contribution in [3.8, 4) is 0 Å². The van der Waals surface area contributed by atoms with Crippen LogP contribution in [0.4, 0.5) is 0 Å². The van der Waals surface area contributed by atoms with Gasteiger partial charge in [0.05, 0.1) is 12.5 Å². The second-order valence-corrected chi connectivity index (χ2v) is 3.05. The van der Waals surface area contributed by atoms with Crippen molar-refractivity contribution in [2.75, 3.05) is 6.61 Å². The minimum Gasteiger partial charge on any atom is -0.466 e. The van der Waals surface area contributed by atoms with Crippen molar-refractivity contribution in [1.29, 1.82) is 0 Å². The van der Waals surface area contributed by atoms with Gasteiger partial charge in [0.15, 0.2) is 0 Å². The molecule has 14 heavy (non-hydrogen) atoms. The van der Waals surface area contributed by atoms with E-state index in [0.29, 0.717) is 13.0 Å². The van der Waals surface area contributed by atoms with E-state index >= 15 is 0 Å². The molecule has 0 aliphatic carbocycles. The number of ether oxygens (including phenoxy) is 1. The monoisotopic (exact) mass is 196 g/mol. The van der Waals surface area contributed by atoms with E-state index < -0.39 is 0 Å². The molecule has 0 N–H and O–H groups in total. The molecule has 0 rings (SSSR count). The maximum atomic E-state index is 11.6. The molecule has 0 amide bonds. The van der Waals surface area contributed by atoms with Gasteiger partial charge in [0.2, 0.25) is 0 Å². The van der Waals surface area contributed by atoms with Crippen LogP contribution in [0.25, 0.3) is 0 Å². The van der Waals surface area contributed by atoms with Gasteiger partial charge in [-0.3, -0.25) is 4.79 Å². The summed E-state index contributed by atoms with van der Waals surface area (Å²) in [5.41, 5.74) is 1.13. The minimum atomic E-state index is -0.137. The zero-order valence-electron chi connectivity index (χ0n) is 9.38. The molecule has 0 aromatic rings. The maximum absolute atomic E-state index is 11.6. The number of allylic oxidation sites excluding steroid dienone is 2. The molecule has 0 aliphatic rings. The Balaban J connectivity index is 4.56. The van der Waals surface area contributed by atoms with Gasteiger partial charge in [0.25, 0.3) is 0 Å². The normalized spacial score (nSPS) is 13.5. The highest BCUT2D eigenvalue weighted by Gasteiger charge is 2.20. The summed E-state index contributed by atoms with van der Waals surface area (Å²) < 4.78 is 5.01. The van der Waals surface area contributed by atoms with Gasteiger partial charge in [-0.25, -0.2) is 0 Å². The van der Waals surface area contributed by atoms with Crippen LogP contribution in [0.1, 0.15) is 33.6 Å². The van der Waals surface area contributed by atoms with Gasteiger partial charge < -0.3 is 4.74 Å². The minimum absolute atomic E-state index is 0.137. The number of esters is 1. The average molecular weight is 196 g/mol. The molecule has 0 aromatic carbocycles. The van der Waals surface area contributed by atoms with Crippen LogP contribution in [0.5, 0.6) is 0 Å². The summed E-state index contributed by atoms with van der Waals surface area (Å²) in [5.74, 6) is -0.273. The summed E-state index contributed by atoms with van der Waals surface area (Å²) in [5, 5.41) is 0. The number of hydrogen-bond acceptors (Lipinski definition) is 2. The first-order valence-corrected chi connectivity index (χ1v) is 5.13. The molecule has 2 nitrogen and oxygen atoms in total. The fourth-order valence-corrected chi connectivity index (χ4v) is 1.46. The predicted octanol–water partition coefficient (Wildman–Crippen LogP) is 3.10. The van der Waals surface area contributed by atoms with E-state index in [9.17, 15) is 4.79 Å². The third-order valence-corrected chi connectivity index (χ3v) is 2.20. The molecule has 1 atom stereocenters. The van der Waals surface area contributed by atoms with E-state index in [1.54, 1.807) is 6.08 Å². The molecule has 0 spiro atoms. The Morgan fingerprint density at radius 1 is 1.50 bits per heavy atom. The number of carbonyl (C=O) groups excluding carboxylic acids is 1. The van der Waals surface area contributed by atoms with Gasteiger partial charge in [-0.1, -0.05) is 24.6 Å². The lowest BCUT2D eigenvalue weighted by Crippen LogP contribution is -2.19. The summed E-state index contributed by atoms with van der Waals surface area (Å²) in [6, 6.07) is 0. The molecule has 0 bridgehead atoms. The fraction of sp³-hybridized carbons (Fsp3) is 0.583. The first-order valence-electron chi connectivity index (χ1n) is 5.13. The van der Waals surface area contributed by atoms with Crippen molar-refractivity contribution >= 4 is 5.97 Å². The first kappa shape index (κ1) is 12.9. The highest BCUT2D eigenvalue weighted by Crippen LogP contribution is 2.20. The van der Waals surface area contributed by atoms with Gasteiger partial charge in [0.1, 0.15) is 0 Å². The zero-order chi connectivity index (χ0) is 11.0. The van der Waals surface area contributed by atoms with Gasteiger partial charge in [0, 0.05) is 0 Å². The molecule has 1 unspecified atom stereocenters. The molecule has 0 saturated carbocycles. The van der Waals surface area contributed by atoms with E-state index in [0.717, 1.165) is 12.0 Å². The maximum Gasteiger partial charge on any atom is 0.313 e. The highest BCUT2D eigenvalue weighted by molar-refractivity contribution is 5.76. The van der Waals surface area contributed by atoms with E-state index in [1.165, 1.54) is 0 Å². The SMILES string of the molecule is C=CCC(C(=O)OCC)C(=CC)CC. The third kappa shape index (κ3) is 3.77. The van der Waals surface area contributed by atoms with Crippen LogP contribution in [-0.4, -0.2) is 12.6 Å². The second-order valence-electron chi connectivity index (χ2n) is 3.05. The van der Waals surface area contributed by atoms with Gasteiger partial charge in [-0.2, -0.15) is 0 Å². The average Bonchev–Trinajstić information content (AvgIpc) is 2.18. The highest BCUT2D eigenvalue weighted by atomic mass is 16.5. The van der Waals surface area contributed by atoms with Crippen LogP contribution in [0.2, 0.25) is 0 Å². The number of carbonyl (C=O) groups is 1. The Morgan fingerprint density at radius 3 is 2.50 bits per heavy atom. The summed E-state index contributed by atoms with van der Waals surface area (Å²) in [7, 11) is 0. The summed E-state index contributed by atoms with van der Waals surface area (Å²) >= 11 is 0. The van der Waals surface area contributed by atoms with Gasteiger partial charge in [-0.05, 0) is 26.7 Å². The Hall–Kier alpha value is -1.05. The van der Waals surface area contributed by atoms with Crippen LogP contribution < -0.4 is 0 Å². The van der Waals surface area contributed by atoms with Gasteiger partial charge in [-0.15, -0.1) is 6.58 Å². The van der Waals surface area contributed by atoms with Crippen LogP contribution in [0, 0.1) is 5.92 Å². The summed E-state index contributed by atoms with van der Waals surface area (Å²) in [6.45, 7) is 9.92. The van der Waals surface area contributed by atoms with Crippen molar-refractivity contribution in [2.45, 2.75) is 33.6 Å². The van der Waals surface area contributed by atoms with Crippen molar-refractivity contribution < 1.29 is 9.53 Å². The smallest absolute Gasteiger partial charge is 0.313 e. The molecular formula is C12H20O2. The number of hydrogen-bond donors (Lipinski definition) is 0. The second kappa shape index (κ2) is 7.36. The topological polar surface area (TPSA) is 26.3 Å². The van der Waals surface area contributed by atoms with Crippen molar-refractivity contribution in [2.24, 2.45) is 5.92 Å². The van der Waals surface area contributed by atoms with E-state index in [1.807, 2.05) is 26.8 Å². The lowest BCUT2D eigenvalue weighted by Gasteiger charge is -2.16. The quantitative estimate of drug-likeness (QED) is 0.482. The van der Waals surface area contributed by atoms with E-state index in [2.05, 4.69) is 6.58 Å². The Bertz CT molecular complexity index is 216. The zero-order valence-corrected chi connectivity index (χ0v) is 9.38. The molecule has 0 radical (unpaired) electrons. The van der Waals surface area contributed by atoms with Crippen molar-refractivity contribution in [3.63, 3.8) is 0 Å². The van der Waals surface area contributed by atoms with E-state index in [-0.39, 0.29) is 11.9 Å².